The lowest BCUT2D eigenvalue weighted by Crippen LogP contribution is -2.22. The molecule has 0 spiro atoms. The fraction of sp³-hybridized carbons (Fsp3) is 0.300. The highest BCUT2D eigenvalue weighted by atomic mass is 19.4. The first-order valence-electron chi connectivity index (χ1n) is 4.42. The summed E-state index contributed by atoms with van der Waals surface area (Å²) >= 11 is 0. The van der Waals surface area contributed by atoms with Crippen molar-refractivity contribution in [3.63, 3.8) is 0 Å². The van der Waals surface area contributed by atoms with Crippen molar-refractivity contribution in [2.75, 3.05) is 13.7 Å². The number of benzene rings is 1. The van der Waals surface area contributed by atoms with Gasteiger partial charge in [0.2, 0.25) is 0 Å². The van der Waals surface area contributed by atoms with Gasteiger partial charge in [-0.1, -0.05) is 0 Å². The Balaban J connectivity index is 2.89. The van der Waals surface area contributed by atoms with Crippen LogP contribution in [0.4, 0.5) is 13.2 Å². The van der Waals surface area contributed by atoms with Crippen molar-refractivity contribution in [3.05, 3.63) is 23.8 Å². The second kappa shape index (κ2) is 4.94. The Kier molecular flexibility index (Phi) is 3.82. The number of rotatable bonds is 4. The Bertz CT molecular complexity index is 415. The van der Waals surface area contributed by atoms with Gasteiger partial charge in [-0.15, -0.1) is 0 Å². The quantitative estimate of drug-likeness (QED) is 0.798. The number of carboxylic acid groups (broad SMARTS) is 1. The number of hydrogen-bond acceptors (Lipinski definition) is 4. The molecule has 0 aliphatic carbocycles. The summed E-state index contributed by atoms with van der Waals surface area (Å²) in [6, 6.07) is 3.18. The van der Waals surface area contributed by atoms with E-state index in [1.165, 1.54) is 7.11 Å². The van der Waals surface area contributed by atoms with E-state index in [-0.39, 0.29) is 17.1 Å². The largest absolute Gasteiger partial charge is 0.545 e. The summed E-state index contributed by atoms with van der Waals surface area (Å²) < 4.78 is 44.9. The van der Waals surface area contributed by atoms with Gasteiger partial charge in [0.15, 0.2) is 18.1 Å². The van der Waals surface area contributed by atoms with Crippen molar-refractivity contribution in [1.29, 1.82) is 0 Å². The van der Waals surface area contributed by atoms with Gasteiger partial charge in [-0.2, -0.15) is 13.2 Å². The van der Waals surface area contributed by atoms with Crippen LogP contribution < -0.4 is 14.6 Å². The molecular formula is C10H8F3O4-. The maximum absolute atomic E-state index is 11.9. The SMILES string of the molecule is COc1cc(C(=O)[O-])ccc1OCC(F)(F)F. The number of carbonyl (C=O) groups is 1. The molecule has 94 valence electrons. The number of carboxylic acids is 1. The van der Waals surface area contributed by atoms with E-state index in [4.69, 9.17) is 4.74 Å². The molecule has 0 atom stereocenters. The highest BCUT2D eigenvalue weighted by Gasteiger charge is 2.29. The van der Waals surface area contributed by atoms with Crippen LogP contribution in [0.5, 0.6) is 11.5 Å². The Morgan fingerprint density at radius 1 is 1.35 bits per heavy atom. The van der Waals surface area contributed by atoms with Crippen LogP contribution in [0.2, 0.25) is 0 Å². The van der Waals surface area contributed by atoms with Gasteiger partial charge in [0.1, 0.15) is 0 Å². The topological polar surface area (TPSA) is 58.6 Å². The molecule has 0 saturated carbocycles. The normalized spacial score (nSPS) is 11.1. The van der Waals surface area contributed by atoms with E-state index >= 15 is 0 Å². The molecule has 0 aromatic heterocycles. The van der Waals surface area contributed by atoms with Gasteiger partial charge < -0.3 is 19.4 Å². The molecular weight excluding hydrogens is 241 g/mol. The summed E-state index contributed by atoms with van der Waals surface area (Å²) in [4.78, 5) is 10.5. The second-order valence-electron chi connectivity index (χ2n) is 3.06. The third-order valence-corrected chi connectivity index (χ3v) is 1.79. The van der Waals surface area contributed by atoms with Crippen LogP contribution in [0.1, 0.15) is 10.4 Å². The van der Waals surface area contributed by atoms with E-state index < -0.39 is 18.8 Å². The minimum Gasteiger partial charge on any atom is -0.545 e. The number of ether oxygens (including phenoxy) is 2. The Hall–Kier alpha value is -1.92. The molecule has 17 heavy (non-hydrogen) atoms. The molecule has 4 nitrogen and oxygen atoms in total. The Morgan fingerprint density at radius 2 is 2.00 bits per heavy atom. The lowest BCUT2D eigenvalue weighted by molar-refractivity contribution is -0.255. The minimum atomic E-state index is -4.47. The highest BCUT2D eigenvalue weighted by Crippen LogP contribution is 2.29. The molecule has 1 rings (SSSR count). The van der Waals surface area contributed by atoms with Crippen LogP contribution in [0.25, 0.3) is 0 Å². The third kappa shape index (κ3) is 3.86. The molecule has 0 heterocycles. The highest BCUT2D eigenvalue weighted by molar-refractivity contribution is 5.86. The predicted molar refractivity (Wildman–Crippen MR) is 48.9 cm³/mol. The molecule has 0 saturated heterocycles. The first-order valence-corrected chi connectivity index (χ1v) is 4.42. The second-order valence-corrected chi connectivity index (χ2v) is 3.06. The maximum atomic E-state index is 11.9. The van der Waals surface area contributed by atoms with Gasteiger partial charge in [0, 0.05) is 5.56 Å². The van der Waals surface area contributed by atoms with Crippen molar-refractivity contribution < 1.29 is 32.5 Å². The van der Waals surface area contributed by atoms with Crippen molar-refractivity contribution in [3.8, 4) is 11.5 Å². The molecule has 0 fully saturated rings. The molecule has 0 amide bonds. The molecule has 0 unspecified atom stereocenters. The van der Waals surface area contributed by atoms with E-state index in [9.17, 15) is 23.1 Å². The van der Waals surface area contributed by atoms with E-state index in [0.29, 0.717) is 0 Å². The number of aromatic carboxylic acids is 1. The summed E-state index contributed by atoms with van der Waals surface area (Å²) in [6.07, 6.45) is -4.47. The van der Waals surface area contributed by atoms with E-state index in [2.05, 4.69) is 4.74 Å². The first-order chi connectivity index (χ1) is 7.83. The Labute approximate surface area is 94.6 Å². The monoisotopic (exact) mass is 249 g/mol. The first kappa shape index (κ1) is 13.1. The van der Waals surface area contributed by atoms with E-state index in [0.717, 1.165) is 18.2 Å². The van der Waals surface area contributed by atoms with Crippen molar-refractivity contribution in [2.24, 2.45) is 0 Å². The molecule has 0 N–H and O–H groups in total. The van der Waals surface area contributed by atoms with Gasteiger partial charge in [-0.05, 0) is 18.2 Å². The van der Waals surface area contributed by atoms with E-state index in [1.807, 2.05) is 0 Å². The van der Waals surface area contributed by atoms with Crippen LogP contribution in [-0.2, 0) is 0 Å². The van der Waals surface area contributed by atoms with Crippen LogP contribution in [0.15, 0.2) is 18.2 Å². The fourth-order valence-corrected chi connectivity index (χ4v) is 1.07. The number of carbonyl (C=O) groups excluding carboxylic acids is 1. The molecule has 1 aromatic carbocycles. The maximum Gasteiger partial charge on any atom is 0.422 e. The zero-order chi connectivity index (χ0) is 13.1. The lowest BCUT2D eigenvalue weighted by Gasteiger charge is -2.13. The number of hydrogen-bond donors (Lipinski definition) is 0. The smallest absolute Gasteiger partial charge is 0.422 e. The Morgan fingerprint density at radius 3 is 2.47 bits per heavy atom. The summed E-state index contributed by atoms with van der Waals surface area (Å²) in [7, 11) is 1.19. The average molecular weight is 249 g/mol. The zero-order valence-electron chi connectivity index (χ0n) is 8.71. The fourth-order valence-electron chi connectivity index (χ4n) is 1.07. The van der Waals surface area contributed by atoms with Crippen molar-refractivity contribution >= 4 is 5.97 Å². The molecule has 0 bridgehead atoms. The van der Waals surface area contributed by atoms with Gasteiger partial charge in [-0.3, -0.25) is 0 Å². The van der Waals surface area contributed by atoms with Crippen molar-refractivity contribution in [1.82, 2.24) is 0 Å². The summed E-state index contributed by atoms with van der Waals surface area (Å²) in [5, 5.41) is 10.5. The number of alkyl halides is 3. The molecule has 1 aromatic rings. The molecule has 7 heteroatoms. The number of halogens is 3. The molecule has 0 aliphatic rings. The minimum absolute atomic E-state index is 0.101. The van der Waals surface area contributed by atoms with Crippen LogP contribution in [0.3, 0.4) is 0 Å². The number of methoxy groups -OCH3 is 1. The standard InChI is InChI=1S/C10H9F3O4/c1-16-8-4-6(9(14)15)2-3-7(8)17-5-10(11,12)13/h2-4H,5H2,1H3,(H,14,15)/p-1. The van der Waals surface area contributed by atoms with Gasteiger partial charge >= 0.3 is 6.18 Å². The van der Waals surface area contributed by atoms with Gasteiger partial charge in [-0.25, -0.2) is 0 Å². The van der Waals surface area contributed by atoms with Gasteiger partial charge in [0.05, 0.1) is 13.1 Å². The lowest BCUT2D eigenvalue weighted by atomic mass is 10.2. The van der Waals surface area contributed by atoms with Crippen LogP contribution in [0, 0.1) is 0 Å². The summed E-state index contributed by atoms with van der Waals surface area (Å²) in [5.74, 6) is -1.74. The van der Waals surface area contributed by atoms with Crippen LogP contribution >= 0.6 is 0 Å². The molecule has 0 aliphatic heterocycles. The third-order valence-electron chi connectivity index (χ3n) is 1.79. The van der Waals surface area contributed by atoms with Gasteiger partial charge in [0.25, 0.3) is 0 Å². The van der Waals surface area contributed by atoms with Crippen molar-refractivity contribution in [2.45, 2.75) is 6.18 Å². The van der Waals surface area contributed by atoms with E-state index in [1.54, 1.807) is 0 Å². The summed E-state index contributed by atoms with van der Waals surface area (Å²) in [5.41, 5.74) is -0.207. The molecule has 0 radical (unpaired) electrons. The van der Waals surface area contributed by atoms with Crippen LogP contribution in [-0.4, -0.2) is 25.9 Å². The summed E-state index contributed by atoms with van der Waals surface area (Å²) in [6.45, 7) is -1.48. The predicted octanol–water partition coefficient (Wildman–Crippen LogP) is 1.000. The zero-order valence-corrected chi connectivity index (χ0v) is 8.71. The average Bonchev–Trinajstić information content (AvgIpc) is 2.24.